The SMILES string of the molecule is COC(F)(F)C(F)(F)C(F)(F)F.Cl/C=C/Cl. The van der Waals surface area contributed by atoms with Crippen molar-refractivity contribution >= 4 is 23.2 Å². The van der Waals surface area contributed by atoms with Crippen molar-refractivity contribution in [2.24, 2.45) is 0 Å². The van der Waals surface area contributed by atoms with Crippen molar-refractivity contribution in [1.29, 1.82) is 0 Å². The predicted molar refractivity (Wildman–Crippen MR) is 43.8 cm³/mol. The van der Waals surface area contributed by atoms with Crippen LogP contribution in [0, 0.1) is 0 Å². The van der Waals surface area contributed by atoms with Gasteiger partial charge in [0.1, 0.15) is 0 Å². The van der Waals surface area contributed by atoms with Crippen LogP contribution in [0.25, 0.3) is 0 Å². The first-order valence-corrected chi connectivity index (χ1v) is 4.08. The topological polar surface area (TPSA) is 9.23 Å². The molecule has 10 heteroatoms. The Morgan fingerprint density at radius 3 is 1.25 bits per heavy atom. The number of halogens is 9. The van der Waals surface area contributed by atoms with Crippen molar-refractivity contribution in [3.8, 4) is 0 Å². The van der Waals surface area contributed by atoms with Gasteiger partial charge in [0.2, 0.25) is 0 Å². The summed E-state index contributed by atoms with van der Waals surface area (Å²) in [6.07, 6.45) is -11.9. The number of alkyl halides is 7. The predicted octanol–water partition coefficient (Wildman–Crippen LogP) is 4.36. The fourth-order valence-electron chi connectivity index (χ4n) is 0.293. The van der Waals surface area contributed by atoms with Crippen LogP contribution >= 0.6 is 23.2 Å². The van der Waals surface area contributed by atoms with Gasteiger partial charge in [-0.1, -0.05) is 23.2 Å². The smallest absolute Gasteiger partial charge is 0.319 e. The van der Waals surface area contributed by atoms with Crippen LogP contribution in [0.15, 0.2) is 11.1 Å². The molecule has 16 heavy (non-hydrogen) atoms. The van der Waals surface area contributed by atoms with Gasteiger partial charge in [0.15, 0.2) is 0 Å². The lowest BCUT2D eigenvalue weighted by atomic mass is 10.3. The van der Waals surface area contributed by atoms with Crippen LogP contribution in [0.1, 0.15) is 0 Å². The molecule has 0 bridgehead atoms. The van der Waals surface area contributed by atoms with Crippen molar-refractivity contribution < 1.29 is 35.5 Å². The van der Waals surface area contributed by atoms with Crippen LogP contribution in [0.2, 0.25) is 0 Å². The van der Waals surface area contributed by atoms with Gasteiger partial charge in [0, 0.05) is 18.2 Å². The first kappa shape index (κ1) is 18.2. The summed E-state index contributed by atoms with van der Waals surface area (Å²) in [7, 11) is 0.0552. The highest BCUT2D eigenvalue weighted by Crippen LogP contribution is 2.46. The molecule has 0 aromatic heterocycles. The molecule has 0 radical (unpaired) electrons. The molecule has 1 nitrogen and oxygen atoms in total. The van der Waals surface area contributed by atoms with E-state index in [9.17, 15) is 30.7 Å². The van der Waals surface area contributed by atoms with E-state index >= 15 is 0 Å². The van der Waals surface area contributed by atoms with Gasteiger partial charge in [0.05, 0.1) is 0 Å². The van der Waals surface area contributed by atoms with E-state index < -0.39 is 18.2 Å². The Kier molecular flexibility index (Phi) is 7.39. The van der Waals surface area contributed by atoms with Gasteiger partial charge in [-0.25, -0.2) is 0 Å². The largest absolute Gasteiger partial charge is 0.462 e. The summed E-state index contributed by atoms with van der Waals surface area (Å²) >= 11 is 9.75. The molecule has 0 saturated heterocycles. The summed E-state index contributed by atoms with van der Waals surface area (Å²) in [5.74, 6) is -6.17. The summed E-state index contributed by atoms with van der Waals surface area (Å²) in [4.78, 5) is 0. The lowest BCUT2D eigenvalue weighted by molar-refractivity contribution is -0.418. The average molecular weight is 297 g/mol. The molecule has 98 valence electrons. The molecule has 0 N–H and O–H groups in total. The van der Waals surface area contributed by atoms with Gasteiger partial charge in [-0.2, -0.15) is 30.7 Å². The standard InChI is InChI=1S/C4H3F7O.C2H2Cl2/c1-12-4(10,11)2(5,6)3(7,8)9;3-1-2-4/h1H3;1-2H/b;2-1+. The normalized spacial score (nSPS) is 13.6. The van der Waals surface area contributed by atoms with E-state index in [1.165, 1.54) is 11.1 Å². The van der Waals surface area contributed by atoms with Crippen molar-refractivity contribution in [3.63, 3.8) is 0 Å². The third-order valence-electron chi connectivity index (χ3n) is 1.03. The van der Waals surface area contributed by atoms with Crippen LogP contribution in [-0.4, -0.2) is 25.3 Å². The van der Waals surface area contributed by atoms with Crippen molar-refractivity contribution in [3.05, 3.63) is 11.1 Å². The third kappa shape index (κ3) is 4.75. The molecule has 0 amide bonds. The second-order valence-electron chi connectivity index (χ2n) is 2.05. The van der Waals surface area contributed by atoms with E-state index in [1.807, 2.05) is 0 Å². The Labute approximate surface area is 95.8 Å². The Morgan fingerprint density at radius 2 is 1.19 bits per heavy atom. The van der Waals surface area contributed by atoms with Crippen LogP contribution < -0.4 is 0 Å². The second-order valence-corrected chi connectivity index (χ2v) is 2.55. The van der Waals surface area contributed by atoms with E-state index in [-0.39, 0.29) is 7.11 Å². The Hall–Kier alpha value is -0.210. The quantitative estimate of drug-likeness (QED) is 0.688. The first-order chi connectivity index (χ1) is 6.97. The van der Waals surface area contributed by atoms with Crippen molar-refractivity contribution in [1.82, 2.24) is 0 Å². The van der Waals surface area contributed by atoms with Crippen LogP contribution in [0.4, 0.5) is 30.7 Å². The first-order valence-electron chi connectivity index (χ1n) is 3.21. The Morgan fingerprint density at radius 1 is 0.875 bits per heavy atom. The summed E-state index contributed by atoms with van der Waals surface area (Å²) in [5.41, 5.74) is 2.48. The summed E-state index contributed by atoms with van der Waals surface area (Å²) in [6, 6.07) is 0. The van der Waals surface area contributed by atoms with Gasteiger partial charge < -0.3 is 4.74 Å². The van der Waals surface area contributed by atoms with E-state index in [1.54, 1.807) is 0 Å². The monoisotopic (exact) mass is 296 g/mol. The molecule has 0 atom stereocenters. The highest BCUT2D eigenvalue weighted by molar-refractivity contribution is 6.33. The number of rotatable bonds is 2. The van der Waals surface area contributed by atoms with E-state index in [0.29, 0.717) is 0 Å². The van der Waals surface area contributed by atoms with Gasteiger partial charge in [0.25, 0.3) is 0 Å². The lowest BCUT2D eigenvalue weighted by Gasteiger charge is -2.26. The molecule has 0 unspecified atom stereocenters. The van der Waals surface area contributed by atoms with Crippen molar-refractivity contribution in [2.75, 3.05) is 7.11 Å². The molecule has 0 fully saturated rings. The van der Waals surface area contributed by atoms with Gasteiger partial charge in [-0.05, 0) is 0 Å². The molecule has 0 aliphatic heterocycles. The maximum Gasteiger partial charge on any atom is 0.462 e. The number of hydrogen-bond donors (Lipinski definition) is 0. The summed E-state index contributed by atoms with van der Waals surface area (Å²) in [6.45, 7) is 0. The molecule has 0 spiro atoms. The number of hydrogen-bond acceptors (Lipinski definition) is 1. The zero-order valence-electron chi connectivity index (χ0n) is 7.46. The van der Waals surface area contributed by atoms with E-state index in [0.717, 1.165) is 0 Å². The maximum absolute atomic E-state index is 11.7. The zero-order valence-corrected chi connectivity index (χ0v) is 8.98. The summed E-state index contributed by atoms with van der Waals surface area (Å²) < 4.78 is 83.2. The second kappa shape index (κ2) is 6.51. The number of methoxy groups -OCH3 is 1. The maximum atomic E-state index is 11.7. The van der Waals surface area contributed by atoms with E-state index in [4.69, 9.17) is 23.2 Å². The fourth-order valence-corrected chi connectivity index (χ4v) is 0.293. The summed E-state index contributed by atoms with van der Waals surface area (Å²) in [5, 5.41) is 0. The minimum atomic E-state index is -6.33. The van der Waals surface area contributed by atoms with Gasteiger partial charge >= 0.3 is 18.2 Å². The minimum absolute atomic E-state index is 0.0552. The molecular formula is C6H5Cl2F7O. The minimum Gasteiger partial charge on any atom is -0.319 e. The Bertz CT molecular complexity index is 221. The molecule has 0 aromatic carbocycles. The molecule has 0 heterocycles. The van der Waals surface area contributed by atoms with E-state index in [2.05, 4.69) is 4.74 Å². The van der Waals surface area contributed by atoms with Crippen LogP contribution in [-0.2, 0) is 4.74 Å². The molecular weight excluding hydrogens is 292 g/mol. The zero-order chi connectivity index (χ0) is 13.6. The van der Waals surface area contributed by atoms with Crippen molar-refractivity contribution in [2.45, 2.75) is 18.2 Å². The van der Waals surface area contributed by atoms with Gasteiger partial charge in [-0.15, -0.1) is 0 Å². The highest BCUT2D eigenvalue weighted by atomic mass is 35.5. The molecule has 0 aliphatic rings. The molecule has 0 aromatic rings. The molecule has 0 rings (SSSR count). The lowest BCUT2D eigenvalue weighted by Crippen LogP contribution is -2.52. The third-order valence-corrected chi connectivity index (χ3v) is 1.41. The molecule has 0 aliphatic carbocycles. The average Bonchev–Trinajstić information content (AvgIpc) is 2.16. The Balaban J connectivity index is 0. The van der Waals surface area contributed by atoms with Crippen LogP contribution in [0.3, 0.4) is 0 Å². The molecule has 0 saturated carbocycles. The highest BCUT2D eigenvalue weighted by Gasteiger charge is 2.74. The van der Waals surface area contributed by atoms with Crippen LogP contribution in [0.5, 0.6) is 0 Å². The number of ether oxygens (including phenoxy) is 1. The van der Waals surface area contributed by atoms with Gasteiger partial charge in [-0.3, -0.25) is 0 Å². The fraction of sp³-hybridized carbons (Fsp3) is 0.667.